The van der Waals surface area contributed by atoms with Gasteiger partial charge in [-0.2, -0.15) is 0 Å². The molecule has 20 aromatic rings. The van der Waals surface area contributed by atoms with Crippen LogP contribution in [0.1, 0.15) is 47.2 Å². The second kappa shape index (κ2) is 25.7. The number of aromatic nitrogens is 8. The van der Waals surface area contributed by atoms with Gasteiger partial charge in [0, 0.05) is 82.5 Å². The molecule has 0 atom stereocenters. The zero-order valence-corrected chi connectivity index (χ0v) is 60.4. The predicted molar refractivity (Wildman–Crippen MR) is 451 cm³/mol. The van der Waals surface area contributed by atoms with Crippen molar-refractivity contribution in [3.05, 3.63) is 409 Å². The van der Waals surface area contributed by atoms with E-state index in [9.17, 15) is 0 Å². The Morgan fingerprint density at radius 3 is 0.882 bits per heavy atom. The van der Waals surface area contributed by atoms with Gasteiger partial charge in [0.25, 0.3) is 0 Å². The summed E-state index contributed by atoms with van der Waals surface area (Å²) in [4.78, 5) is 29.8. The molecule has 2 aliphatic carbocycles. The van der Waals surface area contributed by atoms with Crippen LogP contribution in [0.2, 0.25) is 0 Å². The molecule has 0 spiro atoms. The number of nitrogens with zero attached hydrogens (tertiary/aromatic N) is 8. The van der Waals surface area contributed by atoms with Crippen molar-refractivity contribution in [3.63, 3.8) is 0 Å². The fourth-order valence-electron chi connectivity index (χ4n) is 18.0. The highest BCUT2D eigenvalue weighted by atomic mass is 15.0. The molecule has 4 heterocycles. The maximum Gasteiger partial charge on any atom is 0.164 e. The van der Waals surface area contributed by atoms with Gasteiger partial charge in [0.2, 0.25) is 0 Å². The molecule has 0 radical (unpaired) electrons. The summed E-state index contributed by atoms with van der Waals surface area (Å²) in [6.07, 6.45) is 0. The lowest BCUT2D eigenvalue weighted by molar-refractivity contribution is 0.666. The first-order valence-corrected chi connectivity index (χ1v) is 37.6. The average Bonchev–Trinajstić information content (AvgIpc) is 1.50. The van der Waals surface area contributed by atoms with Crippen LogP contribution in [0.15, 0.2) is 376 Å². The van der Waals surface area contributed by atoms with Gasteiger partial charge in [-0.05, 0) is 127 Å². The van der Waals surface area contributed by atoms with Gasteiger partial charge in [-0.1, -0.05) is 329 Å². The minimum atomic E-state index is -0.533. The molecular formula is C102H68N8. The minimum absolute atomic E-state index is 0.119. The van der Waals surface area contributed by atoms with E-state index in [0.29, 0.717) is 34.9 Å². The molecule has 0 saturated heterocycles. The van der Waals surface area contributed by atoms with Crippen LogP contribution in [0.25, 0.3) is 167 Å². The Morgan fingerprint density at radius 2 is 0.500 bits per heavy atom. The van der Waals surface area contributed by atoms with E-state index >= 15 is 0 Å². The molecule has 516 valence electrons. The summed E-state index contributed by atoms with van der Waals surface area (Å²) < 4.78 is 4.91. The van der Waals surface area contributed by atoms with E-state index in [0.717, 1.165) is 50.3 Å². The van der Waals surface area contributed by atoms with Gasteiger partial charge in [-0.15, -0.1) is 0 Å². The van der Waals surface area contributed by atoms with Crippen molar-refractivity contribution in [2.24, 2.45) is 0 Å². The molecule has 0 fully saturated rings. The Labute approximate surface area is 636 Å². The summed E-state index contributed by atoms with van der Waals surface area (Å²) in [5.74, 6) is 3.89. The van der Waals surface area contributed by atoms with Crippen LogP contribution in [0.3, 0.4) is 0 Å². The quantitative estimate of drug-likeness (QED) is 0.136. The smallest absolute Gasteiger partial charge is 0.164 e. The maximum absolute atomic E-state index is 5.03. The lowest BCUT2D eigenvalue weighted by atomic mass is 9.66. The van der Waals surface area contributed by atoms with Crippen LogP contribution in [0.4, 0.5) is 0 Å². The molecular weight excluding hydrogens is 1340 g/mol. The van der Waals surface area contributed by atoms with Crippen LogP contribution in [0.5, 0.6) is 0 Å². The Morgan fingerprint density at radius 1 is 0.227 bits per heavy atom. The molecule has 0 bridgehead atoms. The Hall–Kier alpha value is -14.3. The highest BCUT2D eigenvalue weighted by molar-refractivity contribution is 6.29. The van der Waals surface area contributed by atoms with E-state index < -0.39 is 5.41 Å². The van der Waals surface area contributed by atoms with E-state index in [1.165, 1.54) is 115 Å². The van der Waals surface area contributed by atoms with Crippen molar-refractivity contribution in [2.75, 3.05) is 0 Å². The molecule has 0 amide bonds. The SMILES string of the molecule is CC1(C)c2ccccc2-c2c1c1ccccc1c1c2c2ccccc2n1-c1ccc(-c2nc(-c3ccccc3)nc(-c3ccccc3)n2)cc1.c1ccc(-c2nc(-c3ccccc3)nc(-c3ccc(-n4c5ccccc5c5c6c(c7ccccc7c54)C(c4ccccc4)(c4ccccc4)c4ccccc4-6)cc3)n2)cc1. The molecule has 22 rings (SSSR count). The van der Waals surface area contributed by atoms with Crippen molar-refractivity contribution in [2.45, 2.75) is 24.7 Å². The zero-order valence-electron chi connectivity index (χ0n) is 60.4. The maximum atomic E-state index is 5.03. The Bertz CT molecular complexity index is 6840. The monoisotopic (exact) mass is 1400 g/mol. The van der Waals surface area contributed by atoms with Crippen molar-refractivity contribution >= 4 is 65.2 Å². The van der Waals surface area contributed by atoms with E-state index in [1.54, 1.807) is 0 Å². The highest BCUT2D eigenvalue weighted by Gasteiger charge is 2.49. The molecule has 110 heavy (non-hydrogen) atoms. The lowest BCUT2D eigenvalue weighted by Gasteiger charge is -2.34. The summed E-state index contributed by atoms with van der Waals surface area (Å²) in [7, 11) is 0. The summed E-state index contributed by atoms with van der Waals surface area (Å²) in [5, 5.41) is 10.1. The molecule has 0 N–H and O–H groups in total. The molecule has 4 aromatic heterocycles. The van der Waals surface area contributed by atoms with Crippen LogP contribution in [-0.2, 0) is 10.8 Å². The van der Waals surface area contributed by atoms with Crippen LogP contribution in [0, 0.1) is 0 Å². The first-order valence-electron chi connectivity index (χ1n) is 37.6. The summed E-state index contributed by atoms with van der Waals surface area (Å²) in [5.41, 5.74) is 25.2. The molecule has 0 aliphatic heterocycles. The van der Waals surface area contributed by atoms with Crippen LogP contribution >= 0.6 is 0 Å². The summed E-state index contributed by atoms with van der Waals surface area (Å²) >= 11 is 0. The van der Waals surface area contributed by atoms with Crippen LogP contribution < -0.4 is 0 Å². The predicted octanol–water partition coefficient (Wildman–Crippen LogP) is 24.9. The number of hydrogen-bond donors (Lipinski definition) is 0. The lowest BCUT2D eigenvalue weighted by Crippen LogP contribution is -2.28. The zero-order chi connectivity index (χ0) is 73.0. The van der Waals surface area contributed by atoms with Gasteiger partial charge in [0.15, 0.2) is 34.9 Å². The van der Waals surface area contributed by atoms with Crippen molar-refractivity contribution in [3.8, 4) is 102 Å². The van der Waals surface area contributed by atoms with Gasteiger partial charge in [0.1, 0.15) is 0 Å². The van der Waals surface area contributed by atoms with E-state index in [-0.39, 0.29) is 5.41 Å². The molecule has 16 aromatic carbocycles. The molecule has 8 heteroatoms. The summed E-state index contributed by atoms with van der Waals surface area (Å²) in [6, 6.07) is 134. The topological polar surface area (TPSA) is 87.2 Å². The van der Waals surface area contributed by atoms with Gasteiger partial charge in [0.05, 0.1) is 27.5 Å². The average molecular weight is 1410 g/mol. The second-order valence-corrected chi connectivity index (χ2v) is 29.1. The first-order chi connectivity index (χ1) is 54.4. The van der Waals surface area contributed by atoms with E-state index in [4.69, 9.17) is 29.9 Å². The van der Waals surface area contributed by atoms with E-state index in [1.807, 2.05) is 121 Å². The normalized spacial score (nSPS) is 13.0. The van der Waals surface area contributed by atoms with Crippen molar-refractivity contribution in [1.29, 1.82) is 0 Å². The van der Waals surface area contributed by atoms with Crippen molar-refractivity contribution < 1.29 is 0 Å². The number of para-hydroxylation sites is 2. The molecule has 0 saturated carbocycles. The second-order valence-electron chi connectivity index (χ2n) is 29.1. The van der Waals surface area contributed by atoms with Crippen molar-refractivity contribution in [1.82, 2.24) is 39.0 Å². The first kappa shape index (κ1) is 64.1. The third kappa shape index (κ3) is 9.99. The van der Waals surface area contributed by atoms with E-state index in [2.05, 4.69) is 278 Å². The van der Waals surface area contributed by atoms with Gasteiger partial charge in [-0.3, -0.25) is 0 Å². The standard InChI is InChI=1S/C56H36N4.C46H32N4/c1-5-19-37(20-6-1)53-57-54(38-21-7-2-8-22-38)59-55(58-53)39-33-35-42(36-34-39)60-48-32-18-16-30-46(48)50-49-45-29-15-17-31-47(45)56(40-23-9-3-10-24-40,41-25-11-4-12-26-41)51(49)43-27-13-14-28-44(43)52(50)60;1-46(2)37-23-13-11-21-35(37)39-40-36-22-12-14-24-38(36)50(42(40)34-20-10-9-19-33(34)41(39)46)32-27-25-31(26-28-32)45-48-43(29-15-5-3-6-16-29)47-44(49-45)30-17-7-4-8-18-30/h1-36H;3-28H,1-2H3. The Balaban J connectivity index is 0.000000142. The highest BCUT2D eigenvalue weighted by Crippen LogP contribution is 2.62. The molecule has 2 aliphatic rings. The van der Waals surface area contributed by atoms with Crippen LogP contribution in [-0.4, -0.2) is 39.0 Å². The number of benzene rings is 16. The third-order valence-corrected chi connectivity index (χ3v) is 22.7. The fraction of sp³-hybridized carbons (Fsp3) is 0.0392. The fourth-order valence-corrected chi connectivity index (χ4v) is 18.0. The molecule has 8 nitrogen and oxygen atoms in total. The number of rotatable bonds is 10. The van der Waals surface area contributed by atoms with Gasteiger partial charge < -0.3 is 9.13 Å². The minimum Gasteiger partial charge on any atom is -0.309 e. The number of fused-ring (bicyclic) bond motifs is 20. The van der Waals surface area contributed by atoms with Gasteiger partial charge in [-0.25, -0.2) is 29.9 Å². The molecule has 0 unspecified atom stereocenters. The summed E-state index contributed by atoms with van der Waals surface area (Å²) in [6.45, 7) is 4.75. The Kier molecular flexibility index (Phi) is 15.0. The van der Waals surface area contributed by atoms with Gasteiger partial charge >= 0.3 is 0 Å². The third-order valence-electron chi connectivity index (χ3n) is 22.7. The number of hydrogen-bond acceptors (Lipinski definition) is 6. The largest absolute Gasteiger partial charge is 0.309 e.